The first-order chi connectivity index (χ1) is 18.0. The summed E-state index contributed by atoms with van der Waals surface area (Å²) in [6.45, 7) is 2.39. The predicted octanol–water partition coefficient (Wildman–Crippen LogP) is -1.04. The van der Waals surface area contributed by atoms with Crippen LogP contribution in [0, 0.1) is 0 Å². The van der Waals surface area contributed by atoms with E-state index in [1.807, 2.05) is 13.0 Å². The molecule has 12 heteroatoms. The number of esters is 1. The highest BCUT2D eigenvalue weighted by molar-refractivity contribution is 5.91. The van der Waals surface area contributed by atoms with E-state index in [1.54, 1.807) is 6.92 Å². The van der Waals surface area contributed by atoms with Gasteiger partial charge in [-0.25, -0.2) is 4.79 Å². The van der Waals surface area contributed by atoms with E-state index in [2.05, 4.69) is 6.08 Å². The maximum Gasteiger partial charge on any atom is 0.334 e. The SMILES string of the molecule is CC1=C2C/C=C(/CO[C@@H]3O[C@H](CO[C@@H]4OC[C@](O)(CO)[C@H]4O)[C@@H](O)[C@H](O)[C@H]3O)CC/C=C(\C)C[C@@H]2OC1=O. The lowest BCUT2D eigenvalue weighted by Crippen LogP contribution is -2.59. The first kappa shape index (κ1) is 29.3. The van der Waals surface area contributed by atoms with Gasteiger partial charge >= 0.3 is 5.97 Å². The summed E-state index contributed by atoms with van der Waals surface area (Å²) in [5.74, 6) is -0.306. The summed E-state index contributed by atoms with van der Waals surface area (Å²) < 4.78 is 27.7. The molecule has 3 heterocycles. The van der Waals surface area contributed by atoms with E-state index >= 15 is 0 Å². The van der Waals surface area contributed by atoms with Gasteiger partial charge in [0.2, 0.25) is 0 Å². The average molecular weight is 543 g/mol. The van der Waals surface area contributed by atoms with Crippen LogP contribution in [0.4, 0.5) is 0 Å². The zero-order valence-corrected chi connectivity index (χ0v) is 21.6. The van der Waals surface area contributed by atoms with Crippen molar-refractivity contribution in [1.82, 2.24) is 0 Å². The van der Waals surface area contributed by atoms with Crippen LogP contribution in [0.25, 0.3) is 0 Å². The fourth-order valence-corrected chi connectivity index (χ4v) is 4.98. The van der Waals surface area contributed by atoms with Crippen LogP contribution in [-0.4, -0.2) is 118 Å². The Labute approximate surface area is 220 Å². The number of fused-ring (bicyclic) bond motifs is 1. The van der Waals surface area contributed by atoms with Crippen molar-refractivity contribution in [3.05, 3.63) is 34.4 Å². The van der Waals surface area contributed by atoms with Crippen LogP contribution in [0.1, 0.15) is 39.5 Å². The van der Waals surface area contributed by atoms with Crippen molar-refractivity contribution in [3.8, 4) is 0 Å². The Morgan fingerprint density at radius 3 is 2.53 bits per heavy atom. The molecule has 0 spiro atoms. The van der Waals surface area contributed by atoms with Crippen molar-refractivity contribution in [1.29, 1.82) is 0 Å². The van der Waals surface area contributed by atoms with Crippen LogP contribution < -0.4 is 0 Å². The van der Waals surface area contributed by atoms with Gasteiger partial charge in [0.15, 0.2) is 12.6 Å². The molecule has 214 valence electrons. The van der Waals surface area contributed by atoms with Crippen molar-refractivity contribution >= 4 is 5.97 Å². The van der Waals surface area contributed by atoms with E-state index < -0.39 is 55.3 Å². The van der Waals surface area contributed by atoms with E-state index in [0.717, 1.165) is 23.1 Å². The molecule has 0 amide bonds. The summed E-state index contributed by atoms with van der Waals surface area (Å²) in [4.78, 5) is 12.1. The van der Waals surface area contributed by atoms with Gasteiger partial charge < -0.3 is 54.3 Å². The molecule has 2 saturated heterocycles. The fraction of sp³-hybridized carbons (Fsp3) is 0.731. The third-order valence-corrected chi connectivity index (χ3v) is 7.61. The number of hydrogen-bond donors (Lipinski definition) is 6. The number of ether oxygens (including phenoxy) is 5. The van der Waals surface area contributed by atoms with Gasteiger partial charge in [0.05, 0.1) is 26.4 Å². The summed E-state index contributed by atoms with van der Waals surface area (Å²) in [7, 11) is 0. The zero-order chi connectivity index (χ0) is 27.6. The van der Waals surface area contributed by atoms with Gasteiger partial charge in [0.25, 0.3) is 0 Å². The molecule has 4 aliphatic rings. The van der Waals surface area contributed by atoms with E-state index in [9.17, 15) is 35.4 Å². The molecule has 1 aliphatic carbocycles. The predicted molar refractivity (Wildman–Crippen MR) is 129 cm³/mol. The van der Waals surface area contributed by atoms with Crippen LogP contribution >= 0.6 is 0 Å². The minimum atomic E-state index is -1.87. The van der Waals surface area contributed by atoms with Crippen molar-refractivity contribution in [2.24, 2.45) is 0 Å². The second-order valence-electron chi connectivity index (χ2n) is 10.4. The fourth-order valence-electron chi connectivity index (χ4n) is 4.98. The topological polar surface area (TPSA) is 185 Å². The van der Waals surface area contributed by atoms with Gasteiger partial charge in [-0.1, -0.05) is 17.7 Å². The molecule has 6 N–H and O–H groups in total. The number of aliphatic hydroxyl groups excluding tert-OH is 5. The quantitative estimate of drug-likeness (QED) is 0.170. The normalized spacial score (nSPS) is 43.2. The molecule has 12 nitrogen and oxygen atoms in total. The molecular weight excluding hydrogens is 504 g/mol. The summed E-state index contributed by atoms with van der Waals surface area (Å²) in [5, 5.41) is 60.7. The number of carbonyl (C=O) groups excluding carboxylic acids is 1. The van der Waals surface area contributed by atoms with Gasteiger partial charge in [0, 0.05) is 12.0 Å². The Hall–Kier alpha value is -1.71. The molecule has 9 atom stereocenters. The number of aliphatic hydroxyl groups is 6. The highest BCUT2D eigenvalue weighted by Gasteiger charge is 2.50. The van der Waals surface area contributed by atoms with Crippen LogP contribution in [0.5, 0.6) is 0 Å². The summed E-state index contributed by atoms with van der Waals surface area (Å²) >= 11 is 0. The standard InChI is InChI=1S/C26H38O12/c1-13-4-3-5-15(6-7-16-14(2)23(32)37-17(16)8-13)9-34-24-21(30)20(29)19(28)18(38-24)10-35-25-22(31)26(33,11-27)12-36-25/h4,6,17-22,24-25,27-31,33H,3,5,7-12H2,1-2H3/b13-4+,15-6+/t17-,18+,19+,20-,21+,22-,24+,25+,26+/m0/s1. The van der Waals surface area contributed by atoms with Gasteiger partial charge in [-0.2, -0.15) is 0 Å². The summed E-state index contributed by atoms with van der Waals surface area (Å²) in [5.41, 5.74) is 1.69. The third-order valence-electron chi connectivity index (χ3n) is 7.61. The van der Waals surface area contributed by atoms with Crippen LogP contribution in [0.3, 0.4) is 0 Å². The lowest BCUT2D eigenvalue weighted by molar-refractivity contribution is -0.307. The Morgan fingerprint density at radius 2 is 1.82 bits per heavy atom. The Morgan fingerprint density at radius 1 is 1.05 bits per heavy atom. The highest BCUT2D eigenvalue weighted by atomic mass is 16.7. The monoisotopic (exact) mass is 542 g/mol. The second kappa shape index (κ2) is 12.2. The Kier molecular flexibility index (Phi) is 9.41. The van der Waals surface area contributed by atoms with Crippen LogP contribution in [0.2, 0.25) is 0 Å². The maximum absolute atomic E-state index is 12.1. The molecule has 0 unspecified atom stereocenters. The second-order valence-corrected chi connectivity index (χ2v) is 10.4. The smallest absolute Gasteiger partial charge is 0.334 e. The minimum Gasteiger partial charge on any atom is -0.454 e. The number of hydrogen-bond acceptors (Lipinski definition) is 12. The lowest BCUT2D eigenvalue weighted by atomic mass is 9.94. The van der Waals surface area contributed by atoms with Gasteiger partial charge in [0.1, 0.15) is 42.2 Å². The molecule has 0 radical (unpaired) electrons. The average Bonchev–Trinajstić information content (AvgIpc) is 3.33. The van der Waals surface area contributed by atoms with Crippen molar-refractivity contribution in [2.75, 3.05) is 26.4 Å². The minimum absolute atomic E-state index is 0.0742. The molecule has 2 fully saturated rings. The van der Waals surface area contributed by atoms with E-state index in [1.165, 1.54) is 0 Å². The molecule has 3 aliphatic heterocycles. The van der Waals surface area contributed by atoms with E-state index in [0.29, 0.717) is 24.8 Å². The van der Waals surface area contributed by atoms with Gasteiger partial charge in [-0.15, -0.1) is 0 Å². The number of rotatable bonds is 7. The molecule has 38 heavy (non-hydrogen) atoms. The lowest BCUT2D eigenvalue weighted by Gasteiger charge is -2.40. The molecule has 0 aromatic heterocycles. The van der Waals surface area contributed by atoms with E-state index in [4.69, 9.17) is 23.7 Å². The highest BCUT2D eigenvalue weighted by Crippen LogP contribution is 2.32. The molecule has 0 saturated carbocycles. The Bertz CT molecular complexity index is 960. The molecular formula is C26H38O12. The van der Waals surface area contributed by atoms with Gasteiger partial charge in [-0.3, -0.25) is 0 Å². The van der Waals surface area contributed by atoms with Gasteiger partial charge in [-0.05, 0) is 44.3 Å². The maximum atomic E-state index is 12.1. The van der Waals surface area contributed by atoms with Crippen LogP contribution in [0.15, 0.2) is 34.4 Å². The summed E-state index contributed by atoms with van der Waals surface area (Å²) in [6.07, 6.45) is -3.52. The number of allylic oxidation sites excluding steroid dienone is 2. The first-order valence-electron chi connectivity index (χ1n) is 12.8. The van der Waals surface area contributed by atoms with E-state index in [-0.39, 0.29) is 31.9 Å². The third kappa shape index (κ3) is 6.20. The van der Waals surface area contributed by atoms with Crippen molar-refractivity contribution < 1.29 is 59.1 Å². The molecule has 0 bridgehead atoms. The number of carbonyl (C=O) groups is 1. The van der Waals surface area contributed by atoms with Crippen molar-refractivity contribution in [2.45, 2.75) is 94.3 Å². The zero-order valence-electron chi connectivity index (χ0n) is 21.6. The summed E-state index contributed by atoms with van der Waals surface area (Å²) in [6, 6.07) is 0. The van der Waals surface area contributed by atoms with Crippen molar-refractivity contribution in [3.63, 3.8) is 0 Å². The molecule has 4 rings (SSSR count). The molecule has 0 aromatic carbocycles. The Balaban J connectivity index is 1.38. The largest absolute Gasteiger partial charge is 0.454 e. The first-order valence-corrected chi connectivity index (χ1v) is 12.8. The van der Waals surface area contributed by atoms with Crippen LogP contribution in [-0.2, 0) is 28.5 Å². The molecule has 0 aromatic rings.